The van der Waals surface area contributed by atoms with Crippen molar-refractivity contribution in [1.29, 1.82) is 0 Å². The second-order valence-corrected chi connectivity index (χ2v) is 4.85. The summed E-state index contributed by atoms with van der Waals surface area (Å²) < 4.78 is 1.92. The Morgan fingerprint density at radius 2 is 1.95 bits per heavy atom. The normalized spacial score (nSPS) is 10.9. The fraction of sp³-hybridized carbons (Fsp3) is 0.400. The number of aliphatic hydroxyl groups is 1. The minimum atomic E-state index is 0.0919. The molecule has 0 saturated carbocycles. The lowest BCUT2D eigenvalue weighted by Gasteiger charge is -2.07. The Morgan fingerprint density at radius 1 is 1.21 bits per heavy atom. The van der Waals surface area contributed by atoms with Gasteiger partial charge in [0.2, 0.25) is 0 Å². The first-order valence-corrected chi connectivity index (χ1v) is 6.50. The molecule has 0 aliphatic rings. The molecule has 0 amide bonds. The van der Waals surface area contributed by atoms with E-state index < -0.39 is 0 Å². The third-order valence-electron chi connectivity index (χ3n) is 3.46. The SMILES string of the molecule is Cc1nn(C)c(C)c1CNCc1cccc(CO)c1. The molecule has 4 heteroatoms. The van der Waals surface area contributed by atoms with Crippen molar-refractivity contribution in [2.45, 2.75) is 33.5 Å². The second-order valence-electron chi connectivity index (χ2n) is 4.85. The molecular weight excluding hydrogens is 238 g/mol. The zero-order valence-corrected chi connectivity index (χ0v) is 11.8. The predicted molar refractivity (Wildman–Crippen MR) is 75.6 cm³/mol. The molecule has 0 spiro atoms. The van der Waals surface area contributed by atoms with E-state index in [0.29, 0.717) is 0 Å². The molecule has 2 rings (SSSR count). The van der Waals surface area contributed by atoms with Gasteiger partial charge in [0.1, 0.15) is 0 Å². The van der Waals surface area contributed by atoms with Gasteiger partial charge in [-0.05, 0) is 25.0 Å². The number of aliphatic hydroxyl groups excluding tert-OH is 1. The monoisotopic (exact) mass is 259 g/mol. The Hall–Kier alpha value is -1.65. The third-order valence-corrected chi connectivity index (χ3v) is 3.46. The molecule has 0 aliphatic carbocycles. The first-order chi connectivity index (χ1) is 9.11. The van der Waals surface area contributed by atoms with Crippen LogP contribution in [0.2, 0.25) is 0 Å². The minimum Gasteiger partial charge on any atom is -0.392 e. The molecule has 0 radical (unpaired) electrons. The van der Waals surface area contributed by atoms with Gasteiger partial charge in [-0.2, -0.15) is 5.10 Å². The van der Waals surface area contributed by atoms with Crippen molar-refractivity contribution < 1.29 is 5.11 Å². The van der Waals surface area contributed by atoms with Crippen LogP contribution < -0.4 is 5.32 Å². The number of benzene rings is 1. The van der Waals surface area contributed by atoms with Gasteiger partial charge in [0.15, 0.2) is 0 Å². The second kappa shape index (κ2) is 5.99. The number of rotatable bonds is 5. The molecule has 19 heavy (non-hydrogen) atoms. The van der Waals surface area contributed by atoms with Crippen LogP contribution in [0.1, 0.15) is 28.1 Å². The maximum absolute atomic E-state index is 9.11. The lowest BCUT2D eigenvalue weighted by Crippen LogP contribution is -2.14. The molecule has 0 aliphatic heterocycles. The summed E-state index contributed by atoms with van der Waals surface area (Å²) in [7, 11) is 1.97. The first-order valence-electron chi connectivity index (χ1n) is 6.50. The third kappa shape index (κ3) is 3.22. The van der Waals surface area contributed by atoms with Gasteiger partial charge in [-0.1, -0.05) is 24.3 Å². The highest BCUT2D eigenvalue weighted by Crippen LogP contribution is 2.12. The zero-order valence-electron chi connectivity index (χ0n) is 11.8. The molecule has 0 atom stereocenters. The summed E-state index contributed by atoms with van der Waals surface area (Å²) in [5, 5.41) is 16.9. The Bertz CT molecular complexity index is 561. The Kier molecular flexibility index (Phi) is 4.35. The minimum absolute atomic E-state index is 0.0919. The van der Waals surface area contributed by atoms with Crippen molar-refractivity contribution >= 4 is 0 Å². The van der Waals surface area contributed by atoms with Gasteiger partial charge in [-0.25, -0.2) is 0 Å². The average molecular weight is 259 g/mol. The average Bonchev–Trinajstić information content (AvgIpc) is 2.65. The van der Waals surface area contributed by atoms with Crippen molar-refractivity contribution in [3.05, 3.63) is 52.3 Å². The van der Waals surface area contributed by atoms with Crippen LogP contribution in [0.3, 0.4) is 0 Å². The van der Waals surface area contributed by atoms with E-state index in [1.807, 2.05) is 36.9 Å². The molecule has 2 N–H and O–H groups in total. The highest BCUT2D eigenvalue weighted by molar-refractivity contribution is 5.25. The number of aryl methyl sites for hydroxylation is 2. The van der Waals surface area contributed by atoms with Gasteiger partial charge in [0.05, 0.1) is 12.3 Å². The maximum atomic E-state index is 9.11. The summed E-state index contributed by atoms with van der Waals surface area (Å²) >= 11 is 0. The Labute approximate surface area is 114 Å². The van der Waals surface area contributed by atoms with Crippen LogP contribution in [0.15, 0.2) is 24.3 Å². The van der Waals surface area contributed by atoms with Crippen molar-refractivity contribution in [3.63, 3.8) is 0 Å². The van der Waals surface area contributed by atoms with E-state index in [0.717, 1.165) is 24.3 Å². The first kappa shape index (κ1) is 13.8. The Balaban J connectivity index is 1.96. The number of hydrogen-bond donors (Lipinski definition) is 2. The lowest BCUT2D eigenvalue weighted by molar-refractivity contribution is 0.281. The fourth-order valence-corrected chi connectivity index (χ4v) is 2.24. The molecule has 0 unspecified atom stereocenters. The fourth-order valence-electron chi connectivity index (χ4n) is 2.24. The van der Waals surface area contributed by atoms with Crippen LogP contribution in [0.4, 0.5) is 0 Å². The van der Waals surface area contributed by atoms with Gasteiger partial charge in [0.25, 0.3) is 0 Å². The topological polar surface area (TPSA) is 50.1 Å². The van der Waals surface area contributed by atoms with E-state index in [1.54, 1.807) is 0 Å². The van der Waals surface area contributed by atoms with E-state index in [4.69, 9.17) is 5.11 Å². The van der Waals surface area contributed by atoms with Crippen molar-refractivity contribution in [2.24, 2.45) is 7.05 Å². The van der Waals surface area contributed by atoms with Crippen LogP contribution in [0.5, 0.6) is 0 Å². The van der Waals surface area contributed by atoms with Gasteiger partial charge < -0.3 is 10.4 Å². The van der Waals surface area contributed by atoms with E-state index in [2.05, 4.69) is 23.4 Å². The standard InChI is InChI=1S/C15H21N3O/c1-11-15(12(2)18(3)17-11)9-16-8-13-5-4-6-14(7-13)10-19/h4-7,16,19H,8-10H2,1-3H3. The highest BCUT2D eigenvalue weighted by Gasteiger charge is 2.08. The van der Waals surface area contributed by atoms with Crippen LogP contribution in [-0.2, 0) is 26.7 Å². The zero-order chi connectivity index (χ0) is 13.8. The van der Waals surface area contributed by atoms with Gasteiger partial charge in [-0.3, -0.25) is 4.68 Å². The van der Waals surface area contributed by atoms with E-state index in [-0.39, 0.29) is 6.61 Å². The van der Waals surface area contributed by atoms with Crippen LogP contribution in [-0.4, -0.2) is 14.9 Å². The maximum Gasteiger partial charge on any atom is 0.0681 e. The summed E-state index contributed by atoms with van der Waals surface area (Å²) in [5.41, 5.74) is 5.69. The summed E-state index contributed by atoms with van der Waals surface area (Å²) in [6.07, 6.45) is 0. The number of aromatic nitrogens is 2. The summed E-state index contributed by atoms with van der Waals surface area (Å²) in [6, 6.07) is 7.99. The smallest absolute Gasteiger partial charge is 0.0681 e. The predicted octanol–water partition coefficient (Wildman–Crippen LogP) is 1.82. The Morgan fingerprint density at radius 3 is 2.58 bits per heavy atom. The molecule has 0 fully saturated rings. The lowest BCUT2D eigenvalue weighted by atomic mass is 10.1. The number of nitrogens with zero attached hydrogens (tertiary/aromatic N) is 2. The van der Waals surface area contributed by atoms with Gasteiger partial charge in [-0.15, -0.1) is 0 Å². The summed E-state index contributed by atoms with van der Waals surface area (Å²) in [6.45, 7) is 5.82. The molecule has 0 bridgehead atoms. The van der Waals surface area contributed by atoms with Crippen molar-refractivity contribution in [1.82, 2.24) is 15.1 Å². The van der Waals surface area contributed by atoms with Crippen LogP contribution in [0.25, 0.3) is 0 Å². The summed E-state index contributed by atoms with van der Waals surface area (Å²) in [5.74, 6) is 0. The quantitative estimate of drug-likeness (QED) is 0.861. The van der Waals surface area contributed by atoms with Crippen LogP contribution in [0, 0.1) is 13.8 Å². The molecule has 0 saturated heterocycles. The highest BCUT2D eigenvalue weighted by atomic mass is 16.3. The molecule has 102 valence electrons. The number of hydrogen-bond acceptors (Lipinski definition) is 3. The molecular formula is C15H21N3O. The molecule has 1 aromatic heterocycles. The molecule has 1 heterocycles. The summed E-state index contributed by atoms with van der Waals surface area (Å²) in [4.78, 5) is 0. The van der Waals surface area contributed by atoms with Gasteiger partial charge in [0, 0.05) is 31.4 Å². The molecule has 4 nitrogen and oxygen atoms in total. The van der Waals surface area contributed by atoms with Crippen LogP contribution >= 0.6 is 0 Å². The molecule has 2 aromatic rings. The van der Waals surface area contributed by atoms with Crippen molar-refractivity contribution in [2.75, 3.05) is 0 Å². The number of nitrogens with one attached hydrogen (secondary N) is 1. The van der Waals surface area contributed by atoms with Gasteiger partial charge >= 0.3 is 0 Å². The largest absolute Gasteiger partial charge is 0.392 e. The molecule has 1 aromatic carbocycles. The van der Waals surface area contributed by atoms with E-state index in [9.17, 15) is 0 Å². The van der Waals surface area contributed by atoms with Crippen molar-refractivity contribution in [3.8, 4) is 0 Å². The van der Waals surface area contributed by atoms with E-state index >= 15 is 0 Å². The van der Waals surface area contributed by atoms with E-state index in [1.165, 1.54) is 16.8 Å².